The van der Waals surface area contributed by atoms with E-state index in [1.165, 1.54) is 0 Å². The molecule has 7 heteroatoms. The van der Waals surface area contributed by atoms with E-state index < -0.39 is 0 Å². The van der Waals surface area contributed by atoms with Crippen molar-refractivity contribution in [2.45, 2.75) is 26.4 Å². The summed E-state index contributed by atoms with van der Waals surface area (Å²) in [5, 5.41) is 10.2. The van der Waals surface area contributed by atoms with E-state index in [1.54, 1.807) is 0 Å². The van der Waals surface area contributed by atoms with Crippen molar-refractivity contribution in [1.29, 1.82) is 5.41 Å². The number of carbonyl (C=O) groups excluding carboxylic acids is 1. The summed E-state index contributed by atoms with van der Waals surface area (Å²) in [6, 6.07) is 0. The topological polar surface area (TPSA) is 91.4 Å². The predicted molar refractivity (Wildman–Crippen MR) is 70.5 cm³/mol. The normalized spacial score (nSPS) is 14.9. The summed E-state index contributed by atoms with van der Waals surface area (Å²) in [6.07, 6.45) is 0. The van der Waals surface area contributed by atoms with Gasteiger partial charge in [-0.2, -0.15) is 0 Å². The van der Waals surface area contributed by atoms with Crippen molar-refractivity contribution in [2.24, 2.45) is 5.73 Å². The van der Waals surface area contributed by atoms with Gasteiger partial charge in [0.2, 0.25) is 0 Å². The Morgan fingerprint density at radius 3 is 2.06 bits per heavy atom. The Morgan fingerprint density at radius 2 is 1.88 bits per heavy atom. The quantitative estimate of drug-likeness (QED) is 0.357. The van der Waals surface area contributed by atoms with Gasteiger partial charge in [0.1, 0.15) is 5.60 Å². The first-order valence-electron chi connectivity index (χ1n) is 5.28. The monoisotopic (exact) mass is 266 g/mol. The highest BCUT2D eigenvalue weighted by molar-refractivity contribution is 5.85. The van der Waals surface area contributed by atoms with Crippen molar-refractivity contribution in [3.63, 3.8) is 0 Å². The summed E-state index contributed by atoms with van der Waals surface area (Å²) in [7, 11) is 0. The van der Waals surface area contributed by atoms with Gasteiger partial charge in [-0.05, 0) is 20.8 Å². The number of guanidine groups is 1. The molecule has 0 aromatic heterocycles. The maximum atomic E-state index is 9.60. The van der Waals surface area contributed by atoms with Gasteiger partial charge in [-0.25, -0.2) is 0 Å². The molecule has 0 saturated carbocycles. The third kappa shape index (κ3) is 11.3. The zero-order valence-electron chi connectivity index (χ0n) is 10.7. The smallest absolute Gasteiger partial charge is 0.293 e. The first kappa shape index (κ1) is 18.4. The Balaban J connectivity index is 0. The minimum atomic E-state index is -0.318. The van der Waals surface area contributed by atoms with Crippen LogP contribution in [0.15, 0.2) is 0 Å². The van der Waals surface area contributed by atoms with E-state index in [-0.39, 0.29) is 24.0 Å². The van der Waals surface area contributed by atoms with Crippen LogP contribution >= 0.6 is 12.4 Å². The maximum absolute atomic E-state index is 9.60. The molecule has 6 nitrogen and oxygen atoms in total. The molecule has 0 radical (unpaired) electrons. The lowest BCUT2D eigenvalue weighted by atomic mass is 10.2. The van der Waals surface area contributed by atoms with E-state index in [4.69, 9.17) is 11.1 Å². The van der Waals surface area contributed by atoms with Crippen molar-refractivity contribution in [3.05, 3.63) is 0 Å². The molecule has 0 unspecified atom stereocenters. The lowest BCUT2D eigenvalue weighted by Crippen LogP contribution is -2.48. The molecule has 102 valence electrons. The highest BCUT2D eigenvalue weighted by Gasteiger charge is 2.08. The van der Waals surface area contributed by atoms with E-state index in [0.717, 1.165) is 26.2 Å². The van der Waals surface area contributed by atoms with Crippen LogP contribution in [0.2, 0.25) is 0 Å². The number of nitrogens with two attached hydrogens (primary N) is 1. The SMILES string of the molecule is CC(C)(C)OC=O.Cl.N=C(N)N1CCNCC1. The second kappa shape index (κ2) is 9.07. The number of hydrogen-bond donors (Lipinski definition) is 3. The summed E-state index contributed by atoms with van der Waals surface area (Å²) >= 11 is 0. The molecule has 1 fully saturated rings. The first-order valence-corrected chi connectivity index (χ1v) is 5.28. The fourth-order valence-corrected chi connectivity index (χ4v) is 1.05. The summed E-state index contributed by atoms with van der Waals surface area (Å²) in [5.41, 5.74) is 4.93. The van der Waals surface area contributed by atoms with Crippen molar-refractivity contribution < 1.29 is 9.53 Å². The van der Waals surface area contributed by atoms with Crippen LogP contribution in [0.4, 0.5) is 0 Å². The highest BCUT2D eigenvalue weighted by Crippen LogP contribution is 2.02. The third-order valence-electron chi connectivity index (χ3n) is 1.86. The van der Waals surface area contributed by atoms with Gasteiger partial charge >= 0.3 is 0 Å². The number of piperazine rings is 1. The number of ether oxygens (including phenoxy) is 1. The molecule has 1 aliphatic rings. The van der Waals surface area contributed by atoms with Gasteiger partial charge in [0.25, 0.3) is 6.47 Å². The molecule has 0 aromatic rings. The summed E-state index contributed by atoms with van der Waals surface area (Å²) in [6.45, 7) is 9.55. The Bertz CT molecular complexity index is 225. The van der Waals surface area contributed by atoms with Crippen molar-refractivity contribution in [3.8, 4) is 0 Å². The van der Waals surface area contributed by atoms with Crippen LogP contribution in [-0.4, -0.2) is 49.1 Å². The average Bonchev–Trinajstić information content (AvgIpc) is 2.18. The fourth-order valence-electron chi connectivity index (χ4n) is 1.05. The molecule has 0 atom stereocenters. The number of halogens is 1. The molecule has 0 aromatic carbocycles. The minimum Gasteiger partial charge on any atom is -0.462 e. The molecule has 1 heterocycles. The average molecular weight is 267 g/mol. The highest BCUT2D eigenvalue weighted by atomic mass is 35.5. The zero-order chi connectivity index (χ0) is 12.6. The van der Waals surface area contributed by atoms with Crippen LogP contribution in [0.1, 0.15) is 20.8 Å². The number of rotatable bonds is 1. The van der Waals surface area contributed by atoms with E-state index in [0.29, 0.717) is 6.47 Å². The Hall–Kier alpha value is -1.01. The second-order valence-corrected chi connectivity index (χ2v) is 4.45. The predicted octanol–water partition coefficient (Wildman–Crippen LogP) is 0.165. The van der Waals surface area contributed by atoms with E-state index >= 15 is 0 Å². The van der Waals surface area contributed by atoms with Crippen LogP contribution in [0, 0.1) is 5.41 Å². The molecule has 4 N–H and O–H groups in total. The van der Waals surface area contributed by atoms with Crippen molar-refractivity contribution >= 4 is 24.8 Å². The Kier molecular flexibility index (Phi) is 9.79. The number of nitrogens with one attached hydrogen (secondary N) is 2. The van der Waals surface area contributed by atoms with E-state index in [9.17, 15) is 4.79 Å². The molecule has 1 rings (SSSR count). The van der Waals surface area contributed by atoms with Gasteiger partial charge in [0, 0.05) is 26.2 Å². The molecule has 0 aliphatic carbocycles. The van der Waals surface area contributed by atoms with Gasteiger partial charge in [-0.1, -0.05) is 0 Å². The molecular formula is C10H23ClN4O2. The van der Waals surface area contributed by atoms with Gasteiger partial charge < -0.3 is 20.7 Å². The molecule has 0 amide bonds. The Labute approximate surface area is 109 Å². The number of hydrogen-bond acceptors (Lipinski definition) is 4. The van der Waals surface area contributed by atoms with E-state index in [2.05, 4.69) is 10.1 Å². The standard InChI is InChI=1S/C5H12N4.C5H10O2.ClH/c6-5(7)9-3-1-8-2-4-9;1-5(2,3)7-4-6;/h8H,1-4H2,(H3,6,7);4H,1-3H3;1H. The van der Waals surface area contributed by atoms with Crippen molar-refractivity contribution in [2.75, 3.05) is 26.2 Å². The van der Waals surface area contributed by atoms with Crippen LogP contribution in [0.3, 0.4) is 0 Å². The van der Waals surface area contributed by atoms with Crippen LogP contribution in [-0.2, 0) is 9.53 Å². The molecule has 17 heavy (non-hydrogen) atoms. The minimum absolute atomic E-state index is 0. The van der Waals surface area contributed by atoms with Gasteiger partial charge in [0.05, 0.1) is 0 Å². The molecular weight excluding hydrogens is 244 g/mol. The van der Waals surface area contributed by atoms with Crippen LogP contribution < -0.4 is 11.1 Å². The van der Waals surface area contributed by atoms with E-state index in [1.807, 2.05) is 25.7 Å². The summed E-state index contributed by atoms with van der Waals surface area (Å²) in [5.74, 6) is 0.191. The fraction of sp³-hybridized carbons (Fsp3) is 0.800. The maximum Gasteiger partial charge on any atom is 0.293 e. The lowest BCUT2D eigenvalue weighted by Gasteiger charge is -2.27. The molecule has 0 bridgehead atoms. The summed E-state index contributed by atoms with van der Waals surface area (Å²) < 4.78 is 4.55. The Morgan fingerprint density at radius 1 is 1.41 bits per heavy atom. The third-order valence-corrected chi connectivity index (χ3v) is 1.86. The molecule has 1 saturated heterocycles. The summed E-state index contributed by atoms with van der Waals surface area (Å²) in [4.78, 5) is 11.5. The van der Waals surface area contributed by atoms with Crippen LogP contribution in [0.25, 0.3) is 0 Å². The van der Waals surface area contributed by atoms with Gasteiger partial charge in [0.15, 0.2) is 5.96 Å². The lowest BCUT2D eigenvalue weighted by molar-refractivity contribution is -0.138. The van der Waals surface area contributed by atoms with Gasteiger partial charge in [-0.3, -0.25) is 10.2 Å². The second-order valence-electron chi connectivity index (χ2n) is 4.45. The first-order chi connectivity index (χ1) is 7.37. The largest absolute Gasteiger partial charge is 0.462 e. The van der Waals surface area contributed by atoms with Crippen LogP contribution in [0.5, 0.6) is 0 Å². The molecule has 0 spiro atoms. The zero-order valence-corrected chi connectivity index (χ0v) is 11.5. The van der Waals surface area contributed by atoms with Gasteiger partial charge in [-0.15, -0.1) is 12.4 Å². The number of nitrogens with zero attached hydrogens (tertiary/aromatic N) is 1. The number of carbonyl (C=O) groups is 1. The van der Waals surface area contributed by atoms with Crippen molar-refractivity contribution in [1.82, 2.24) is 10.2 Å². The molecule has 1 aliphatic heterocycles.